The van der Waals surface area contributed by atoms with Crippen LogP contribution in [0, 0.1) is 6.92 Å². The number of hydrogen-bond acceptors (Lipinski definition) is 6. The molecular formula is C20H28Cl2N2O5Si. The van der Waals surface area contributed by atoms with Crippen molar-refractivity contribution in [1.29, 1.82) is 0 Å². The van der Waals surface area contributed by atoms with E-state index < -0.39 is 14.2 Å². The Bertz CT molecular complexity index is 932. The fourth-order valence-corrected chi connectivity index (χ4v) is 4.99. The fourth-order valence-electron chi connectivity index (χ4n) is 3.87. The monoisotopic (exact) mass is 474 g/mol. The molecule has 2 fully saturated rings. The average molecular weight is 475 g/mol. The number of aliphatic hydroxyl groups is 1. The van der Waals surface area contributed by atoms with Gasteiger partial charge in [0.2, 0.25) is 0 Å². The number of rotatable bonds is 7. The maximum absolute atomic E-state index is 9.99. The Hall–Kier alpha value is -0.873. The molecular weight excluding hydrogens is 447 g/mol. The summed E-state index contributed by atoms with van der Waals surface area (Å²) in [5.41, 5.74) is 2.34. The average Bonchev–Trinajstić information content (AvgIpc) is 3.33. The van der Waals surface area contributed by atoms with Crippen LogP contribution in [0.2, 0.25) is 35.9 Å². The van der Waals surface area contributed by atoms with E-state index >= 15 is 0 Å². The van der Waals surface area contributed by atoms with E-state index in [0.717, 1.165) is 17.1 Å². The zero-order valence-electron chi connectivity index (χ0n) is 17.7. The molecule has 0 aliphatic carbocycles. The smallest absolute Gasteiger partial charge is 0.198 e. The predicted molar refractivity (Wildman–Crippen MR) is 118 cm³/mol. The highest BCUT2D eigenvalue weighted by Crippen LogP contribution is 2.36. The van der Waals surface area contributed by atoms with Crippen LogP contribution in [-0.4, -0.2) is 67.0 Å². The van der Waals surface area contributed by atoms with E-state index in [4.69, 9.17) is 42.1 Å². The van der Waals surface area contributed by atoms with E-state index in [0.29, 0.717) is 36.4 Å². The van der Waals surface area contributed by atoms with E-state index in [-0.39, 0.29) is 30.1 Å². The molecule has 0 aromatic carbocycles. The lowest BCUT2D eigenvalue weighted by Gasteiger charge is -2.20. The number of hydrogen-bond donors (Lipinski definition) is 1. The number of aromatic nitrogens is 2. The minimum Gasteiger partial charge on any atom is -0.470 e. The van der Waals surface area contributed by atoms with Gasteiger partial charge in [0.25, 0.3) is 0 Å². The molecule has 30 heavy (non-hydrogen) atoms. The highest BCUT2D eigenvalue weighted by atomic mass is 35.5. The molecule has 0 radical (unpaired) electrons. The molecule has 4 atom stereocenters. The minimum absolute atomic E-state index is 0.254. The summed E-state index contributed by atoms with van der Waals surface area (Å²) in [6.07, 6.45) is -1.62. The Morgan fingerprint density at radius 2 is 1.97 bits per heavy atom. The summed E-state index contributed by atoms with van der Waals surface area (Å²) in [5, 5.41) is 10.7. The molecule has 2 aliphatic rings. The van der Waals surface area contributed by atoms with Crippen molar-refractivity contribution in [3.8, 4) is 5.88 Å². The second kappa shape index (κ2) is 8.58. The van der Waals surface area contributed by atoms with Gasteiger partial charge in [0.05, 0.1) is 29.3 Å². The van der Waals surface area contributed by atoms with E-state index in [1.54, 1.807) is 0 Å². The van der Waals surface area contributed by atoms with Crippen molar-refractivity contribution in [2.75, 3.05) is 19.8 Å². The zero-order valence-corrected chi connectivity index (χ0v) is 20.2. The van der Waals surface area contributed by atoms with Gasteiger partial charge in [0, 0.05) is 20.7 Å². The molecule has 0 amide bonds. The lowest BCUT2D eigenvalue weighted by Crippen LogP contribution is -2.35. The molecule has 0 saturated carbocycles. The van der Waals surface area contributed by atoms with Gasteiger partial charge >= 0.3 is 0 Å². The van der Waals surface area contributed by atoms with Crippen molar-refractivity contribution in [2.45, 2.75) is 63.8 Å². The first-order valence-electron chi connectivity index (χ1n) is 10.2. The van der Waals surface area contributed by atoms with Gasteiger partial charge in [-0.25, -0.2) is 4.98 Å². The quantitative estimate of drug-likeness (QED) is 0.372. The lowest BCUT2D eigenvalue weighted by atomic mass is 10.1. The fraction of sp³-hybridized carbons (Fsp3) is 0.650. The van der Waals surface area contributed by atoms with Crippen LogP contribution in [0.15, 0.2) is 6.07 Å². The van der Waals surface area contributed by atoms with Crippen molar-refractivity contribution in [2.24, 2.45) is 0 Å². The van der Waals surface area contributed by atoms with Crippen molar-refractivity contribution < 1.29 is 24.1 Å². The van der Waals surface area contributed by atoms with Crippen LogP contribution in [0.1, 0.15) is 5.56 Å². The van der Waals surface area contributed by atoms with E-state index in [9.17, 15) is 5.11 Å². The normalized spacial score (nSPS) is 26.5. The van der Waals surface area contributed by atoms with Crippen LogP contribution >= 0.6 is 23.2 Å². The van der Waals surface area contributed by atoms with Crippen molar-refractivity contribution in [3.05, 3.63) is 21.8 Å². The number of halogens is 2. The highest BCUT2D eigenvalue weighted by molar-refractivity contribution is 6.76. The topological polar surface area (TPSA) is 75.0 Å². The molecule has 0 spiro atoms. The van der Waals surface area contributed by atoms with Gasteiger partial charge in [-0.05, 0) is 18.5 Å². The summed E-state index contributed by atoms with van der Waals surface area (Å²) in [6, 6.07) is 2.91. The van der Waals surface area contributed by atoms with Crippen LogP contribution in [0.25, 0.3) is 11.0 Å². The minimum atomic E-state index is -1.20. The largest absolute Gasteiger partial charge is 0.470 e. The first-order chi connectivity index (χ1) is 14.2. The summed E-state index contributed by atoms with van der Waals surface area (Å²) in [7, 11) is -1.20. The molecule has 0 unspecified atom stereocenters. The first kappa shape index (κ1) is 22.3. The molecule has 0 bridgehead atoms. The van der Waals surface area contributed by atoms with Crippen molar-refractivity contribution in [1.82, 2.24) is 9.55 Å². The lowest BCUT2D eigenvalue weighted by molar-refractivity contribution is 0.00478. The number of fused-ring (bicyclic) bond motifs is 2. The number of pyridine rings is 1. The Morgan fingerprint density at radius 1 is 1.23 bits per heavy atom. The summed E-state index contributed by atoms with van der Waals surface area (Å²) < 4.78 is 25.6. The second-order valence-electron chi connectivity index (χ2n) is 9.15. The molecule has 1 N–H and O–H groups in total. The Kier molecular flexibility index (Phi) is 6.38. The molecule has 2 aromatic rings. The molecule has 166 valence electrons. The van der Waals surface area contributed by atoms with E-state index in [1.807, 2.05) is 17.6 Å². The van der Waals surface area contributed by atoms with Gasteiger partial charge in [-0.3, -0.25) is 4.57 Å². The Balaban J connectivity index is 1.62. The van der Waals surface area contributed by atoms with Crippen LogP contribution in [0.3, 0.4) is 0 Å². The third-order valence-corrected chi connectivity index (χ3v) is 8.13. The van der Waals surface area contributed by atoms with Gasteiger partial charge in [-0.2, -0.15) is 0 Å². The van der Waals surface area contributed by atoms with E-state index in [1.165, 1.54) is 0 Å². The Labute approximate surface area is 187 Å². The van der Waals surface area contributed by atoms with Gasteiger partial charge in [0.1, 0.15) is 30.2 Å². The van der Waals surface area contributed by atoms with Crippen LogP contribution in [-0.2, 0) is 20.9 Å². The zero-order chi connectivity index (χ0) is 21.6. The van der Waals surface area contributed by atoms with Crippen LogP contribution in [0.4, 0.5) is 0 Å². The molecule has 2 aliphatic heterocycles. The van der Waals surface area contributed by atoms with Crippen molar-refractivity contribution in [3.63, 3.8) is 0 Å². The first-order valence-corrected chi connectivity index (χ1v) is 14.6. The maximum atomic E-state index is 9.99. The number of ether oxygens (including phenoxy) is 4. The molecule has 7 nitrogen and oxygen atoms in total. The third kappa shape index (κ3) is 4.37. The van der Waals surface area contributed by atoms with Gasteiger partial charge in [-0.15, -0.1) is 0 Å². The van der Waals surface area contributed by atoms with Gasteiger partial charge in [0.15, 0.2) is 12.0 Å². The van der Waals surface area contributed by atoms with E-state index in [2.05, 4.69) is 24.6 Å². The number of aryl methyl sites for hydroxylation is 1. The summed E-state index contributed by atoms with van der Waals surface area (Å²) in [6.45, 7) is 10.5. The number of nitrogens with zero attached hydrogens (tertiary/aromatic N) is 2. The summed E-state index contributed by atoms with van der Waals surface area (Å²) in [5.74, 6) is 0.589. The SMILES string of the molecule is Cc1c(Cl)c(Cl)nc2cc(O[C@@H]3CO[C@H]4[C@@H]3OC[C@H]4O)n(COCC[Si](C)(C)C)c12. The number of aliphatic hydroxyl groups excluding tert-OH is 1. The predicted octanol–water partition coefficient (Wildman–Crippen LogP) is 3.87. The van der Waals surface area contributed by atoms with Gasteiger partial charge in [-0.1, -0.05) is 42.8 Å². The summed E-state index contributed by atoms with van der Waals surface area (Å²) in [4.78, 5) is 4.42. The second-order valence-corrected chi connectivity index (χ2v) is 15.5. The standard InChI is InChI=1S/C20H28Cl2N2O5Si/c1-11-16(21)20(22)23-12-7-15(24(17(11)12)10-26-5-6-30(2,3)4)29-14-9-28-18-13(25)8-27-19(14)18/h7,13-14,18-19,25H,5-6,8-10H2,1-4H3/t13-,14-,18-,19-/m1/s1. The molecule has 2 saturated heterocycles. The molecule has 2 aromatic heterocycles. The van der Waals surface area contributed by atoms with Gasteiger partial charge < -0.3 is 24.1 Å². The molecule has 4 heterocycles. The highest BCUT2D eigenvalue weighted by Gasteiger charge is 2.48. The van der Waals surface area contributed by atoms with Crippen LogP contribution < -0.4 is 4.74 Å². The third-order valence-electron chi connectivity index (χ3n) is 5.59. The Morgan fingerprint density at radius 3 is 2.70 bits per heavy atom. The van der Waals surface area contributed by atoms with Crippen molar-refractivity contribution >= 4 is 42.3 Å². The van der Waals surface area contributed by atoms with Crippen LogP contribution in [0.5, 0.6) is 5.88 Å². The molecule has 4 rings (SSSR count). The summed E-state index contributed by atoms with van der Waals surface area (Å²) >= 11 is 12.6. The maximum Gasteiger partial charge on any atom is 0.198 e. The molecule has 10 heteroatoms.